The van der Waals surface area contributed by atoms with Crippen molar-refractivity contribution in [3.8, 4) is 0 Å². The van der Waals surface area contributed by atoms with Gasteiger partial charge in [0.2, 0.25) is 0 Å². The Morgan fingerprint density at radius 1 is 1.13 bits per heavy atom. The monoisotopic (exact) mass is 425 g/mol. The second kappa shape index (κ2) is 7.45. The molecule has 1 aliphatic carbocycles. The quantitative estimate of drug-likeness (QED) is 0.515. The zero-order chi connectivity index (χ0) is 21.7. The first-order valence-corrected chi connectivity index (χ1v) is 12.2. The first kappa shape index (κ1) is 21.0. The minimum Gasteiger partial charge on any atom is -0.461 e. The lowest BCUT2D eigenvalue weighted by atomic mass is 9.69. The minimum absolute atomic E-state index is 0.281. The van der Waals surface area contributed by atoms with Crippen molar-refractivity contribution in [1.82, 2.24) is 0 Å². The van der Waals surface area contributed by atoms with Crippen LogP contribution < -0.4 is 4.72 Å². The van der Waals surface area contributed by atoms with Crippen LogP contribution in [-0.2, 0) is 22.9 Å². The zero-order valence-corrected chi connectivity index (χ0v) is 19.3. The number of hydrogen-bond acceptors (Lipinski definition) is 3. The topological polar surface area (TPSA) is 59.3 Å². The number of nitrogens with one attached hydrogen (secondary N) is 1. The molecule has 0 aliphatic heterocycles. The number of furan rings is 1. The highest BCUT2D eigenvalue weighted by molar-refractivity contribution is 7.92. The van der Waals surface area contributed by atoms with E-state index in [1.165, 1.54) is 5.56 Å². The number of rotatable bonds is 5. The number of aryl methyl sites for hydroxylation is 3. The van der Waals surface area contributed by atoms with Crippen LogP contribution in [0.25, 0.3) is 11.0 Å². The van der Waals surface area contributed by atoms with Crippen LogP contribution in [0.3, 0.4) is 0 Å². The van der Waals surface area contributed by atoms with Crippen LogP contribution in [0, 0.1) is 25.2 Å². The van der Waals surface area contributed by atoms with Crippen molar-refractivity contribution in [3.05, 3.63) is 58.8 Å². The Morgan fingerprint density at radius 3 is 2.63 bits per heavy atom. The van der Waals surface area contributed by atoms with Crippen LogP contribution in [0.5, 0.6) is 0 Å². The molecule has 0 radical (unpaired) electrons. The first-order valence-electron chi connectivity index (χ1n) is 10.7. The third kappa shape index (κ3) is 3.76. The highest BCUT2D eigenvalue weighted by Gasteiger charge is 2.33. The first-order chi connectivity index (χ1) is 14.1. The summed E-state index contributed by atoms with van der Waals surface area (Å²) in [6.45, 7) is 10.7. The Bertz CT molecular complexity index is 1200. The molecule has 0 fully saturated rings. The van der Waals surface area contributed by atoms with E-state index in [1.54, 1.807) is 12.1 Å². The zero-order valence-electron chi connectivity index (χ0n) is 18.5. The van der Waals surface area contributed by atoms with E-state index in [0.29, 0.717) is 16.5 Å². The van der Waals surface area contributed by atoms with Crippen LogP contribution >= 0.6 is 0 Å². The van der Waals surface area contributed by atoms with Gasteiger partial charge in [0.1, 0.15) is 11.3 Å². The summed E-state index contributed by atoms with van der Waals surface area (Å²) < 4.78 is 34.9. The molecule has 1 heterocycles. The molecule has 0 saturated carbocycles. The van der Waals surface area contributed by atoms with Gasteiger partial charge in [-0.25, -0.2) is 8.42 Å². The Balaban J connectivity index is 1.69. The van der Waals surface area contributed by atoms with Crippen LogP contribution in [0.1, 0.15) is 56.1 Å². The van der Waals surface area contributed by atoms with Gasteiger partial charge in [0, 0.05) is 23.1 Å². The number of fused-ring (bicyclic) bond motifs is 3. The summed E-state index contributed by atoms with van der Waals surface area (Å²) in [5.74, 6) is 1.66. The third-order valence-electron chi connectivity index (χ3n) is 6.95. The van der Waals surface area contributed by atoms with Gasteiger partial charge in [-0.15, -0.1) is 0 Å². The smallest absolute Gasteiger partial charge is 0.262 e. The van der Waals surface area contributed by atoms with Crippen LogP contribution in [-0.4, -0.2) is 8.42 Å². The molecular formula is C25H31NO3S. The van der Waals surface area contributed by atoms with E-state index in [0.717, 1.165) is 53.5 Å². The average Bonchev–Trinajstić information content (AvgIpc) is 3.06. The molecule has 30 heavy (non-hydrogen) atoms. The summed E-state index contributed by atoms with van der Waals surface area (Å²) >= 11 is 0. The van der Waals surface area contributed by atoms with Gasteiger partial charge >= 0.3 is 0 Å². The van der Waals surface area contributed by atoms with Crippen molar-refractivity contribution in [2.24, 2.45) is 11.3 Å². The van der Waals surface area contributed by atoms with Crippen molar-refractivity contribution in [1.29, 1.82) is 0 Å². The van der Waals surface area contributed by atoms with E-state index in [1.807, 2.05) is 38.1 Å². The lowest BCUT2D eigenvalue weighted by molar-refractivity contribution is 0.179. The van der Waals surface area contributed by atoms with E-state index in [2.05, 4.69) is 25.5 Å². The summed E-state index contributed by atoms with van der Waals surface area (Å²) in [6.07, 6.45) is 4.21. The molecule has 0 amide bonds. The molecule has 0 spiro atoms. The lowest BCUT2D eigenvalue weighted by Gasteiger charge is -2.36. The molecule has 5 heteroatoms. The van der Waals surface area contributed by atoms with Gasteiger partial charge in [-0.3, -0.25) is 4.72 Å². The number of hydrogen-bond donors (Lipinski definition) is 1. The Kier molecular flexibility index (Phi) is 5.21. The maximum absolute atomic E-state index is 13.0. The fraction of sp³-hybridized carbons (Fsp3) is 0.440. The normalized spacial score (nSPS) is 17.2. The number of benzene rings is 2. The molecule has 1 aromatic heterocycles. The van der Waals surface area contributed by atoms with Gasteiger partial charge in [0.15, 0.2) is 0 Å². The molecule has 1 aliphatic rings. The van der Waals surface area contributed by atoms with Crippen LogP contribution in [0.4, 0.5) is 5.69 Å². The van der Waals surface area contributed by atoms with Gasteiger partial charge < -0.3 is 4.42 Å². The fourth-order valence-corrected chi connectivity index (χ4v) is 5.89. The van der Waals surface area contributed by atoms with E-state index >= 15 is 0 Å². The highest BCUT2D eigenvalue weighted by Crippen LogP contribution is 2.43. The molecule has 0 saturated heterocycles. The van der Waals surface area contributed by atoms with Gasteiger partial charge in [-0.1, -0.05) is 39.3 Å². The second-order valence-electron chi connectivity index (χ2n) is 9.37. The molecule has 160 valence electrons. The van der Waals surface area contributed by atoms with Crippen molar-refractivity contribution in [2.45, 2.75) is 65.2 Å². The summed E-state index contributed by atoms with van der Waals surface area (Å²) in [6, 6.07) is 11.1. The molecule has 0 unspecified atom stereocenters. The maximum Gasteiger partial charge on any atom is 0.262 e. The Hall–Kier alpha value is -2.27. The molecule has 0 bridgehead atoms. The lowest BCUT2D eigenvalue weighted by Crippen LogP contribution is -2.28. The fourth-order valence-electron chi connectivity index (χ4n) is 4.50. The summed E-state index contributed by atoms with van der Waals surface area (Å²) in [4.78, 5) is 0.321. The summed E-state index contributed by atoms with van der Waals surface area (Å²) in [7, 11) is -3.66. The molecular weight excluding hydrogens is 394 g/mol. The predicted octanol–water partition coefficient (Wildman–Crippen LogP) is 6.39. The van der Waals surface area contributed by atoms with Gasteiger partial charge in [0.05, 0.1) is 4.90 Å². The average molecular weight is 426 g/mol. The van der Waals surface area contributed by atoms with Gasteiger partial charge in [-0.2, -0.15) is 0 Å². The molecule has 1 atom stereocenters. The Morgan fingerprint density at radius 2 is 1.90 bits per heavy atom. The molecule has 4 nitrogen and oxygen atoms in total. The van der Waals surface area contributed by atoms with E-state index in [-0.39, 0.29) is 5.41 Å². The standard InChI is InChI=1S/C25H31NO3S/c1-6-25(4,5)18-9-11-22-20(14-18)21-15-19(10-12-23(21)29-22)26-30(27,28)24-13-16(2)7-8-17(24)3/h7-8,10,12-13,15,18,26H,6,9,11,14H2,1-5H3/t18-/m0/s1. The second-order valence-corrected chi connectivity index (χ2v) is 11.0. The predicted molar refractivity (Wildman–Crippen MR) is 123 cm³/mol. The number of sulfonamides is 1. The highest BCUT2D eigenvalue weighted by atomic mass is 32.2. The minimum atomic E-state index is -3.66. The Labute approximate surface area is 179 Å². The summed E-state index contributed by atoms with van der Waals surface area (Å²) in [5.41, 5.74) is 4.59. The number of anilines is 1. The molecule has 3 aromatic rings. The molecule has 4 rings (SSSR count). The summed E-state index contributed by atoms with van der Waals surface area (Å²) in [5, 5.41) is 1.03. The van der Waals surface area contributed by atoms with E-state index < -0.39 is 10.0 Å². The SMILES string of the molecule is CCC(C)(C)[C@H]1CCc2oc3ccc(NS(=O)(=O)c4cc(C)ccc4C)cc3c2C1. The van der Waals surface area contributed by atoms with Crippen molar-refractivity contribution in [2.75, 3.05) is 4.72 Å². The van der Waals surface area contributed by atoms with Crippen LogP contribution in [0.2, 0.25) is 0 Å². The van der Waals surface area contributed by atoms with Crippen molar-refractivity contribution >= 4 is 26.7 Å². The third-order valence-corrected chi connectivity index (χ3v) is 8.47. The molecule has 2 aromatic carbocycles. The van der Waals surface area contributed by atoms with Crippen LogP contribution in [0.15, 0.2) is 45.7 Å². The maximum atomic E-state index is 13.0. The van der Waals surface area contributed by atoms with Gasteiger partial charge in [0.25, 0.3) is 10.0 Å². The largest absolute Gasteiger partial charge is 0.461 e. The molecule has 1 N–H and O–H groups in total. The van der Waals surface area contributed by atoms with Gasteiger partial charge in [-0.05, 0) is 73.4 Å². The van der Waals surface area contributed by atoms with Crippen molar-refractivity contribution in [3.63, 3.8) is 0 Å². The van der Waals surface area contributed by atoms with E-state index in [4.69, 9.17) is 4.42 Å². The van der Waals surface area contributed by atoms with E-state index in [9.17, 15) is 8.42 Å². The van der Waals surface area contributed by atoms with Crippen molar-refractivity contribution < 1.29 is 12.8 Å².